The molecule has 0 aromatic heterocycles. The summed E-state index contributed by atoms with van der Waals surface area (Å²) in [5, 5.41) is 0. The van der Waals surface area contributed by atoms with Gasteiger partial charge in [0.15, 0.2) is 0 Å². The van der Waals surface area contributed by atoms with Gasteiger partial charge in [0, 0.05) is 18.8 Å². The van der Waals surface area contributed by atoms with Crippen molar-refractivity contribution in [2.45, 2.75) is 63.6 Å². The number of methoxy groups -OCH3 is 1. The van der Waals surface area contributed by atoms with Gasteiger partial charge in [-0.3, -0.25) is 14.4 Å². The van der Waals surface area contributed by atoms with Gasteiger partial charge < -0.3 is 9.47 Å². The highest BCUT2D eigenvalue weighted by Crippen LogP contribution is 2.60. The van der Waals surface area contributed by atoms with Gasteiger partial charge in [0.25, 0.3) is 0 Å². The van der Waals surface area contributed by atoms with Gasteiger partial charge in [0.2, 0.25) is 0 Å². The quantitative estimate of drug-likeness (QED) is 0.399. The van der Waals surface area contributed by atoms with Crippen molar-refractivity contribution < 1.29 is 23.9 Å². The number of ether oxygens (including phenoxy) is 2. The fourth-order valence-electron chi connectivity index (χ4n) is 7.99. The number of carbonyl (C=O) groups is 3. The first kappa shape index (κ1) is 26.2. The van der Waals surface area contributed by atoms with Gasteiger partial charge in [-0.05, 0) is 47.9 Å². The molecule has 204 valence electrons. The van der Waals surface area contributed by atoms with Crippen molar-refractivity contribution in [3.63, 3.8) is 0 Å². The van der Waals surface area contributed by atoms with Gasteiger partial charge in [-0.2, -0.15) is 0 Å². The lowest BCUT2D eigenvalue weighted by molar-refractivity contribution is -0.135. The molecule has 2 aliphatic carbocycles. The number of Topliss-reactive ketones (excluding diaryl/α,β-unsaturated/α-hetero) is 3. The summed E-state index contributed by atoms with van der Waals surface area (Å²) in [5.74, 6) is -0.526. The van der Waals surface area contributed by atoms with E-state index >= 15 is 0 Å². The third-order valence-corrected chi connectivity index (χ3v) is 9.93. The van der Waals surface area contributed by atoms with Crippen LogP contribution in [0.5, 0.6) is 5.75 Å². The van der Waals surface area contributed by atoms with Crippen LogP contribution >= 0.6 is 0 Å². The number of hydrogen-bond donors (Lipinski definition) is 0. The molecule has 2 aromatic rings. The highest BCUT2D eigenvalue weighted by Gasteiger charge is 2.72. The van der Waals surface area contributed by atoms with Gasteiger partial charge in [-0.15, -0.1) is 0 Å². The number of hydrogen-bond acceptors (Lipinski definition) is 5. The van der Waals surface area contributed by atoms with Crippen molar-refractivity contribution in [3.05, 3.63) is 77.9 Å². The lowest BCUT2D eigenvalue weighted by Crippen LogP contribution is -2.44. The summed E-state index contributed by atoms with van der Waals surface area (Å²) in [4.78, 5) is 42.3. The predicted molar refractivity (Wildman–Crippen MR) is 148 cm³/mol. The molecule has 2 aromatic carbocycles. The van der Waals surface area contributed by atoms with E-state index in [2.05, 4.69) is 6.92 Å². The van der Waals surface area contributed by atoms with Gasteiger partial charge in [-0.25, -0.2) is 0 Å². The Balaban J connectivity index is 1.32. The van der Waals surface area contributed by atoms with Crippen molar-refractivity contribution in [1.82, 2.24) is 0 Å². The molecule has 0 amide bonds. The number of benzene rings is 2. The summed E-state index contributed by atoms with van der Waals surface area (Å²) >= 11 is 0. The molecule has 2 bridgehead atoms. The average molecular weight is 527 g/mol. The molecule has 8 unspecified atom stereocenters. The minimum Gasteiger partial charge on any atom is -0.497 e. The number of rotatable bonds is 9. The van der Waals surface area contributed by atoms with Crippen LogP contribution in [0.2, 0.25) is 0 Å². The number of fused-ring (bicyclic) bond motifs is 1. The van der Waals surface area contributed by atoms with E-state index in [-0.39, 0.29) is 23.8 Å². The average Bonchev–Trinajstić information content (AvgIpc) is 3.58. The van der Waals surface area contributed by atoms with Crippen LogP contribution in [0.25, 0.3) is 0 Å². The molecule has 5 nitrogen and oxygen atoms in total. The lowest BCUT2D eigenvalue weighted by atomic mass is 9.69. The molecule has 5 heteroatoms. The van der Waals surface area contributed by atoms with E-state index in [9.17, 15) is 14.4 Å². The Labute approximate surface area is 231 Å². The summed E-state index contributed by atoms with van der Waals surface area (Å²) in [7, 11) is 1.61. The van der Waals surface area contributed by atoms with Crippen LogP contribution in [0, 0.1) is 35.5 Å². The van der Waals surface area contributed by atoms with Crippen LogP contribution in [-0.4, -0.2) is 36.2 Å². The molecule has 0 N–H and O–H groups in total. The smallest absolute Gasteiger partial charge is 0.144 e. The van der Waals surface area contributed by atoms with Crippen molar-refractivity contribution >= 4 is 17.3 Å². The SMILES string of the molecule is COc1cccc(CC(=O)C2C3C=CC4(O3)C(C(=O)CC3CCCCC3C)C(Cc3ccccc3)C(=O)C24)c1. The molecular weight excluding hydrogens is 488 g/mol. The number of carbonyl (C=O) groups excluding carboxylic acids is 3. The Hall–Kier alpha value is -3.05. The standard InChI is InChI=1S/C34H38O5/c1-21-9-6-7-13-24(21)20-28(36)31-26(18-22-10-4-3-5-11-22)33(37)32-30(29-15-16-34(31,32)39-29)27(35)19-23-12-8-14-25(17-23)38-2/h3-5,8,10-12,14-17,21,24,26,29-32H,6-7,9,13,18-20H2,1-2H3. The highest BCUT2D eigenvalue weighted by atomic mass is 16.5. The highest BCUT2D eigenvalue weighted by molar-refractivity contribution is 6.02. The first-order valence-electron chi connectivity index (χ1n) is 14.5. The van der Waals surface area contributed by atoms with Crippen molar-refractivity contribution in [1.29, 1.82) is 0 Å². The number of ketones is 3. The normalized spacial score (nSPS) is 34.7. The first-order valence-corrected chi connectivity index (χ1v) is 14.5. The zero-order valence-electron chi connectivity index (χ0n) is 22.9. The third kappa shape index (κ3) is 4.59. The Morgan fingerprint density at radius 1 is 1.00 bits per heavy atom. The van der Waals surface area contributed by atoms with Crippen molar-refractivity contribution in [2.24, 2.45) is 35.5 Å². The van der Waals surface area contributed by atoms with E-state index in [1.54, 1.807) is 7.11 Å². The summed E-state index contributed by atoms with van der Waals surface area (Å²) in [6.45, 7) is 2.25. The Morgan fingerprint density at radius 2 is 1.77 bits per heavy atom. The van der Waals surface area contributed by atoms with Crippen LogP contribution in [-0.2, 0) is 32.0 Å². The molecule has 39 heavy (non-hydrogen) atoms. The molecule has 4 aliphatic rings. The summed E-state index contributed by atoms with van der Waals surface area (Å²) in [6.07, 6.45) is 9.23. The summed E-state index contributed by atoms with van der Waals surface area (Å²) in [5.41, 5.74) is 0.879. The Kier molecular flexibility index (Phi) is 7.05. The van der Waals surface area contributed by atoms with E-state index in [1.165, 1.54) is 6.42 Å². The fourth-order valence-corrected chi connectivity index (χ4v) is 7.99. The van der Waals surface area contributed by atoms with E-state index in [0.717, 1.165) is 30.4 Å². The topological polar surface area (TPSA) is 69.7 Å². The van der Waals surface area contributed by atoms with Gasteiger partial charge in [0.1, 0.15) is 28.7 Å². The first-order chi connectivity index (χ1) is 18.9. The maximum atomic E-state index is 14.3. The zero-order valence-corrected chi connectivity index (χ0v) is 22.9. The molecule has 0 radical (unpaired) electrons. The molecular formula is C34H38O5. The van der Waals surface area contributed by atoms with Gasteiger partial charge in [0.05, 0.1) is 31.0 Å². The monoisotopic (exact) mass is 526 g/mol. The zero-order chi connectivity index (χ0) is 27.1. The largest absolute Gasteiger partial charge is 0.497 e. The molecule has 2 saturated carbocycles. The minimum atomic E-state index is -1.01. The van der Waals surface area contributed by atoms with Gasteiger partial charge >= 0.3 is 0 Å². The maximum Gasteiger partial charge on any atom is 0.144 e. The van der Waals surface area contributed by atoms with Crippen molar-refractivity contribution in [3.8, 4) is 5.75 Å². The van der Waals surface area contributed by atoms with Crippen LogP contribution in [0.15, 0.2) is 66.7 Å². The van der Waals surface area contributed by atoms with Crippen LogP contribution in [0.3, 0.4) is 0 Å². The van der Waals surface area contributed by atoms with Crippen LogP contribution in [0.4, 0.5) is 0 Å². The van der Waals surface area contributed by atoms with Crippen molar-refractivity contribution in [2.75, 3.05) is 7.11 Å². The molecule has 1 spiro atoms. The molecule has 2 heterocycles. The summed E-state index contributed by atoms with van der Waals surface area (Å²) in [6, 6.07) is 17.4. The van der Waals surface area contributed by atoms with E-state index < -0.39 is 35.4 Å². The molecule has 6 rings (SSSR count). The maximum absolute atomic E-state index is 14.3. The Bertz CT molecular complexity index is 1280. The van der Waals surface area contributed by atoms with Crippen LogP contribution < -0.4 is 4.74 Å². The molecule has 2 aliphatic heterocycles. The van der Waals surface area contributed by atoms with Crippen LogP contribution in [0.1, 0.15) is 50.2 Å². The van der Waals surface area contributed by atoms with E-state index in [0.29, 0.717) is 30.4 Å². The second-order valence-corrected chi connectivity index (χ2v) is 12.2. The molecule has 8 atom stereocenters. The van der Waals surface area contributed by atoms with E-state index in [1.807, 2.05) is 66.7 Å². The molecule has 1 saturated heterocycles. The summed E-state index contributed by atoms with van der Waals surface area (Å²) < 4.78 is 11.9. The third-order valence-electron chi connectivity index (χ3n) is 9.93. The van der Waals surface area contributed by atoms with E-state index in [4.69, 9.17) is 9.47 Å². The second-order valence-electron chi connectivity index (χ2n) is 12.2. The lowest BCUT2D eigenvalue weighted by Gasteiger charge is -2.34. The molecule has 3 fully saturated rings. The Morgan fingerprint density at radius 3 is 2.54 bits per heavy atom. The predicted octanol–water partition coefficient (Wildman–Crippen LogP) is 5.59. The fraction of sp³-hybridized carbons (Fsp3) is 0.500. The minimum absolute atomic E-state index is 0.00899. The van der Waals surface area contributed by atoms with Gasteiger partial charge in [-0.1, -0.05) is 80.8 Å². The second kappa shape index (κ2) is 10.5.